The molecule has 1 aromatic carbocycles. The van der Waals surface area contributed by atoms with Crippen molar-refractivity contribution in [3.05, 3.63) is 23.8 Å². The fraction of sp³-hybridized carbons (Fsp3) is 0.700. The van der Waals surface area contributed by atoms with E-state index in [-0.39, 0.29) is 0 Å². The van der Waals surface area contributed by atoms with Gasteiger partial charge in [-0.3, -0.25) is 5.32 Å². The van der Waals surface area contributed by atoms with Crippen LogP contribution in [0.25, 0.3) is 0 Å². The molecule has 0 saturated heterocycles. The molecule has 204 valence electrons. The number of anilines is 1. The fourth-order valence-corrected chi connectivity index (χ4v) is 4.92. The number of amides is 1. The topological polar surface area (TPSA) is 67.8 Å². The molecule has 0 aliphatic rings. The van der Waals surface area contributed by atoms with Crippen molar-refractivity contribution in [1.82, 2.24) is 0 Å². The smallest absolute Gasteiger partial charge is 0.409 e. The third-order valence-electron chi connectivity index (χ3n) is 7.17. The largest absolute Gasteiger partial charge is 0.495 e. The van der Waals surface area contributed by atoms with Crippen molar-refractivity contribution >= 4 is 20.1 Å². The minimum absolute atomic E-state index is 0.311. The lowest BCUT2D eigenvalue weighted by Crippen LogP contribution is -2.40. The predicted octanol–water partition coefficient (Wildman–Crippen LogP) is 9.23. The Morgan fingerprint density at radius 2 is 1.44 bits per heavy atom. The molecule has 36 heavy (non-hydrogen) atoms. The second kappa shape index (κ2) is 17.5. The Morgan fingerprint density at radius 3 is 1.94 bits per heavy atom. The first-order valence-corrected chi connectivity index (χ1v) is 16.8. The average Bonchev–Trinajstić information content (AvgIpc) is 2.80. The molecule has 0 radical (unpaired) electrons. The van der Waals surface area contributed by atoms with Crippen LogP contribution in [0.1, 0.15) is 110 Å². The lowest BCUT2D eigenvalue weighted by atomic mass is 10.0. The van der Waals surface area contributed by atoms with Gasteiger partial charge in [-0.1, -0.05) is 103 Å². The van der Waals surface area contributed by atoms with E-state index in [2.05, 4.69) is 51.0 Å². The number of carbonyl (C=O) groups is 1. The van der Waals surface area contributed by atoms with Gasteiger partial charge >= 0.3 is 6.09 Å². The summed E-state index contributed by atoms with van der Waals surface area (Å²) >= 11 is 0. The zero-order valence-electron chi connectivity index (χ0n) is 23.8. The normalized spacial score (nSPS) is 11.6. The molecule has 1 aromatic rings. The Labute approximate surface area is 221 Å². The van der Waals surface area contributed by atoms with E-state index in [4.69, 9.17) is 14.3 Å². The number of carboxylic acid groups (broad SMARTS) is 1. The Kier molecular flexibility index (Phi) is 15.6. The van der Waals surface area contributed by atoms with Crippen LogP contribution in [0.5, 0.6) is 5.75 Å². The number of hydrogen-bond donors (Lipinski definition) is 2. The van der Waals surface area contributed by atoms with Crippen LogP contribution >= 0.6 is 0 Å². The van der Waals surface area contributed by atoms with E-state index < -0.39 is 14.4 Å². The zero-order chi connectivity index (χ0) is 26.9. The lowest BCUT2D eigenvalue weighted by molar-refractivity contribution is 0.209. The number of benzene rings is 1. The van der Waals surface area contributed by atoms with Crippen molar-refractivity contribution < 1.29 is 19.1 Å². The summed E-state index contributed by atoms with van der Waals surface area (Å²) in [5, 5.41) is 11.7. The molecule has 0 atom stereocenters. The summed E-state index contributed by atoms with van der Waals surface area (Å²) < 4.78 is 11.6. The highest BCUT2D eigenvalue weighted by Gasteiger charge is 2.36. The van der Waals surface area contributed by atoms with E-state index in [1.54, 1.807) is 25.3 Å². The quantitative estimate of drug-likeness (QED) is 0.123. The molecular weight excluding hydrogens is 466 g/mol. The highest BCUT2D eigenvalue weighted by Crippen LogP contribution is 2.36. The van der Waals surface area contributed by atoms with Gasteiger partial charge in [-0.2, -0.15) is 0 Å². The third-order valence-corrected chi connectivity index (χ3v) is 11.7. The van der Waals surface area contributed by atoms with Crippen molar-refractivity contribution in [2.24, 2.45) is 0 Å². The maximum absolute atomic E-state index is 11.0. The van der Waals surface area contributed by atoms with Crippen molar-refractivity contribution in [1.29, 1.82) is 0 Å². The van der Waals surface area contributed by atoms with Gasteiger partial charge in [0.1, 0.15) is 5.75 Å². The van der Waals surface area contributed by atoms with E-state index in [1.807, 2.05) is 0 Å². The molecule has 0 heterocycles. The summed E-state index contributed by atoms with van der Waals surface area (Å²) in [6, 6.07) is 5.25. The van der Waals surface area contributed by atoms with Crippen molar-refractivity contribution in [3.8, 4) is 17.6 Å². The molecule has 0 unspecified atom stereocenters. The molecule has 2 N–H and O–H groups in total. The van der Waals surface area contributed by atoms with Crippen LogP contribution in [0.2, 0.25) is 18.1 Å². The molecule has 5 nitrogen and oxygen atoms in total. The summed E-state index contributed by atoms with van der Waals surface area (Å²) in [4.78, 5) is 11.0. The maximum atomic E-state index is 11.0. The van der Waals surface area contributed by atoms with Gasteiger partial charge < -0.3 is 14.3 Å². The van der Waals surface area contributed by atoms with Crippen LogP contribution < -0.4 is 10.1 Å². The van der Waals surface area contributed by atoms with Crippen LogP contribution in [0.3, 0.4) is 0 Å². The van der Waals surface area contributed by atoms with Gasteiger partial charge in [-0.05, 0) is 43.1 Å². The Bertz CT molecular complexity index is 820. The summed E-state index contributed by atoms with van der Waals surface area (Å²) in [6.45, 7) is 12.5. The predicted molar refractivity (Wildman–Crippen MR) is 155 cm³/mol. The Morgan fingerprint density at radius 1 is 0.917 bits per heavy atom. The average molecular weight is 518 g/mol. The van der Waals surface area contributed by atoms with Crippen LogP contribution in [0.4, 0.5) is 10.5 Å². The van der Waals surface area contributed by atoms with E-state index >= 15 is 0 Å². The van der Waals surface area contributed by atoms with Crippen molar-refractivity contribution in [3.63, 3.8) is 0 Å². The second-order valence-corrected chi connectivity index (χ2v) is 16.0. The third kappa shape index (κ3) is 13.4. The standard InChI is InChI=1S/C30H51NO4Si/c1-30(2,3)36(5,6)35-25-20-18-16-14-12-10-8-7-9-11-13-15-17-19-22-26-27(31-29(32)33)23-21-24-28(26)34-4/h21,23-24,31H,7-18,20,25H2,1-6H3,(H,32,33). The first-order chi connectivity index (χ1) is 17.1. The summed E-state index contributed by atoms with van der Waals surface area (Å²) in [5.74, 6) is 6.86. The van der Waals surface area contributed by atoms with Crippen molar-refractivity contribution in [2.45, 2.75) is 122 Å². The lowest BCUT2D eigenvalue weighted by Gasteiger charge is -2.36. The SMILES string of the molecule is COc1cccc(NC(=O)O)c1C#CCCCCCCCCCCCCCCO[Si](C)(C)C(C)(C)C. The van der Waals surface area contributed by atoms with Crippen LogP contribution in [0, 0.1) is 11.8 Å². The molecular formula is C30H51NO4Si. The van der Waals surface area contributed by atoms with Crippen molar-refractivity contribution in [2.75, 3.05) is 19.0 Å². The summed E-state index contributed by atoms with van der Waals surface area (Å²) in [7, 11) is -0.000531. The number of methoxy groups -OCH3 is 1. The molecule has 1 amide bonds. The molecule has 0 fully saturated rings. The van der Waals surface area contributed by atoms with Gasteiger partial charge in [-0.15, -0.1) is 0 Å². The van der Waals surface area contributed by atoms with Gasteiger partial charge in [0.15, 0.2) is 8.32 Å². The van der Waals surface area contributed by atoms with Crippen LogP contribution in [-0.2, 0) is 4.43 Å². The van der Waals surface area contributed by atoms with Gasteiger partial charge in [0.25, 0.3) is 0 Å². The van der Waals surface area contributed by atoms with Gasteiger partial charge in [0.2, 0.25) is 0 Å². The maximum Gasteiger partial charge on any atom is 0.409 e. The monoisotopic (exact) mass is 517 g/mol. The first-order valence-electron chi connectivity index (χ1n) is 13.9. The summed E-state index contributed by atoms with van der Waals surface area (Å²) in [5.41, 5.74) is 1.06. The van der Waals surface area contributed by atoms with E-state index in [0.717, 1.165) is 19.4 Å². The highest BCUT2D eigenvalue weighted by atomic mass is 28.4. The van der Waals surface area contributed by atoms with Crippen LogP contribution in [-0.4, -0.2) is 33.2 Å². The molecule has 0 aliphatic heterocycles. The molecule has 1 rings (SSSR count). The molecule has 0 saturated carbocycles. The highest BCUT2D eigenvalue weighted by molar-refractivity contribution is 6.74. The summed E-state index contributed by atoms with van der Waals surface area (Å²) in [6.07, 6.45) is 15.1. The first kappa shape index (κ1) is 32.1. The number of hydrogen-bond acceptors (Lipinski definition) is 3. The zero-order valence-corrected chi connectivity index (χ0v) is 24.8. The minimum Gasteiger partial charge on any atom is -0.495 e. The Hall–Kier alpha value is -1.97. The van der Waals surface area contributed by atoms with Gasteiger partial charge in [0.05, 0.1) is 18.4 Å². The number of ether oxygens (including phenoxy) is 1. The van der Waals surface area contributed by atoms with Gasteiger partial charge in [0, 0.05) is 13.0 Å². The van der Waals surface area contributed by atoms with E-state index in [9.17, 15) is 4.79 Å². The molecule has 0 bridgehead atoms. The number of unbranched alkanes of at least 4 members (excludes halogenated alkanes) is 12. The molecule has 0 spiro atoms. The van der Waals surface area contributed by atoms with Crippen LogP contribution in [0.15, 0.2) is 18.2 Å². The number of rotatable bonds is 17. The Balaban J connectivity index is 2.03. The minimum atomic E-state index is -1.57. The molecule has 6 heteroatoms. The van der Waals surface area contributed by atoms with E-state index in [0.29, 0.717) is 22.0 Å². The second-order valence-electron chi connectivity index (χ2n) is 11.2. The number of nitrogens with one attached hydrogen (secondary N) is 1. The molecule has 0 aliphatic carbocycles. The van der Waals surface area contributed by atoms with E-state index in [1.165, 1.54) is 70.6 Å². The molecule has 0 aromatic heterocycles. The fourth-order valence-electron chi connectivity index (χ4n) is 3.83. The van der Waals surface area contributed by atoms with Gasteiger partial charge in [-0.25, -0.2) is 4.79 Å².